The molecular weight excluding hydrogens is 278 g/mol. The van der Waals surface area contributed by atoms with Gasteiger partial charge in [-0.3, -0.25) is 0 Å². The minimum absolute atomic E-state index is 0.0707. The highest BCUT2D eigenvalue weighted by molar-refractivity contribution is 7.99. The Bertz CT molecular complexity index is 549. The van der Waals surface area contributed by atoms with Gasteiger partial charge in [0.1, 0.15) is 11.6 Å². The summed E-state index contributed by atoms with van der Waals surface area (Å²) in [6, 6.07) is 11.1. The van der Waals surface area contributed by atoms with Crippen molar-refractivity contribution in [3.8, 4) is 0 Å². The van der Waals surface area contributed by atoms with Crippen LogP contribution in [0.4, 0.5) is 8.78 Å². The number of rotatable bonds is 5. The van der Waals surface area contributed by atoms with Gasteiger partial charge in [0.15, 0.2) is 0 Å². The number of aliphatic hydroxyl groups is 1. The molecule has 4 heteroatoms. The van der Waals surface area contributed by atoms with Gasteiger partial charge in [0.2, 0.25) is 0 Å². The largest absolute Gasteiger partial charge is 0.388 e. The molecule has 1 unspecified atom stereocenters. The van der Waals surface area contributed by atoms with E-state index in [4.69, 9.17) is 0 Å². The molecule has 0 aliphatic carbocycles. The molecule has 2 aromatic rings. The zero-order valence-corrected chi connectivity index (χ0v) is 12.0. The fourth-order valence-corrected chi connectivity index (χ4v) is 2.65. The number of benzene rings is 2. The molecule has 0 bridgehead atoms. The highest BCUT2D eigenvalue weighted by Gasteiger charge is 2.15. The molecule has 0 amide bonds. The SMILES string of the molecule is CCSc1ccc(C(O)Cc2c(F)cccc2F)cc1. The van der Waals surface area contributed by atoms with Crippen molar-refractivity contribution in [3.63, 3.8) is 0 Å². The van der Waals surface area contributed by atoms with Crippen LogP contribution in [0.2, 0.25) is 0 Å². The van der Waals surface area contributed by atoms with Crippen molar-refractivity contribution in [3.05, 3.63) is 65.2 Å². The third kappa shape index (κ3) is 3.58. The third-order valence-corrected chi connectivity index (χ3v) is 3.93. The summed E-state index contributed by atoms with van der Waals surface area (Å²) >= 11 is 1.70. The van der Waals surface area contributed by atoms with Crippen LogP contribution in [-0.2, 0) is 6.42 Å². The molecule has 0 saturated heterocycles. The van der Waals surface area contributed by atoms with E-state index in [1.807, 2.05) is 12.1 Å². The van der Waals surface area contributed by atoms with Crippen molar-refractivity contribution in [2.45, 2.75) is 24.3 Å². The van der Waals surface area contributed by atoms with E-state index in [1.165, 1.54) is 18.2 Å². The van der Waals surface area contributed by atoms with E-state index in [0.717, 1.165) is 10.6 Å². The number of aliphatic hydroxyl groups excluding tert-OH is 1. The topological polar surface area (TPSA) is 20.2 Å². The van der Waals surface area contributed by atoms with Crippen molar-refractivity contribution in [1.82, 2.24) is 0 Å². The first-order valence-electron chi connectivity index (χ1n) is 6.45. The first kappa shape index (κ1) is 15.0. The second-order valence-electron chi connectivity index (χ2n) is 4.42. The van der Waals surface area contributed by atoms with Crippen LogP contribution in [0.5, 0.6) is 0 Å². The number of hydrogen-bond donors (Lipinski definition) is 1. The van der Waals surface area contributed by atoms with Crippen LogP contribution in [0.3, 0.4) is 0 Å². The maximum absolute atomic E-state index is 13.5. The number of hydrogen-bond acceptors (Lipinski definition) is 2. The van der Waals surface area contributed by atoms with Crippen LogP contribution in [0, 0.1) is 11.6 Å². The minimum atomic E-state index is -0.915. The predicted molar refractivity (Wildman–Crippen MR) is 77.9 cm³/mol. The molecule has 0 fully saturated rings. The first-order chi connectivity index (χ1) is 9.61. The van der Waals surface area contributed by atoms with Gasteiger partial charge in [0.25, 0.3) is 0 Å². The van der Waals surface area contributed by atoms with E-state index in [0.29, 0.717) is 5.56 Å². The lowest BCUT2D eigenvalue weighted by molar-refractivity contribution is 0.175. The minimum Gasteiger partial charge on any atom is -0.388 e. The lowest BCUT2D eigenvalue weighted by atomic mass is 10.0. The van der Waals surface area contributed by atoms with Gasteiger partial charge < -0.3 is 5.11 Å². The molecule has 0 saturated carbocycles. The summed E-state index contributed by atoms with van der Waals surface area (Å²) < 4.78 is 27.1. The molecule has 0 heterocycles. The van der Waals surface area contributed by atoms with Gasteiger partial charge in [-0.2, -0.15) is 0 Å². The van der Waals surface area contributed by atoms with Crippen LogP contribution < -0.4 is 0 Å². The zero-order valence-electron chi connectivity index (χ0n) is 11.1. The van der Waals surface area contributed by atoms with Crippen LogP contribution in [-0.4, -0.2) is 10.9 Å². The Balaban J connectivity index is 2.13. The predicted octanol–water partition coefficient (Wildman–Crippen LogP) is 4.35. The molecule has 20 heavy (non-hydrogen) atoms. The fourth-order valence-electron chi connectivity index (χ4n) is 1.99. The lowest BCUT2D eigenvalue weighted by Gasteiger charge is -2.13. The molecule has 1 atom stereocenters. The second-order valence-corrected chi connectivity index (χ2v) is 5.76. The summed E-state index contributed by atoms with van der Waals surface area (Å²) in [7, 11) is 0. The zero-order chi connectivity index (χ0) is 14.5. The van der Waals surface area contributed by atoms with Crippen molar-refractivity contribution in [1.29, 1.82) is 0 Å². The van der Waals surface area contributed by atoms with Crippen LogP contribution in [0.25, 0.3) is 0 Å². The molecule has 106 valence electrons. The smallest absolute Gasteiger partial charge is 0.129 e. The number of halogens is 2. The van der Waals surface area contributed by atoms with E-state index in [-0.39, 0.29) is 12.0 Å². The van der Waals surface area contributed by atoms with E-state index in [2.05, 4.69) is 6.92 Å². The molecule has 0 aliphatic rings. The van der Waals surface area contributed by atoms with Crippen LogP contribution in [0.1, 0.15) is 24.2 Å². The summed E-state index contributed by atoms with van der Waals surface area (Å²) in [6.07, 6.45) is -0.985. The fraction of sp³-hybridized carbons (Fsp3) is 0.250. The molecule has 2 rings (SSSR count). The van der Waals surface area contributed by atoms with Gasteiger partial charge >= 0.3 is 0 Å². The van der Waals surface area contributed by atoms with Crippen molar-refractivity contribution < 1.29 is 13.9 Å². The van der Waals surface area contributed by atoms with Crippen molar-refractivity contribution in [2.75, 3.05) is 5.75 Å². The van der Waals surface area contributed by atoms with Crippen molar-refractivity contribution in [2.24, 2.45) is 0 Å². The maximum atomic E-state index is 13.5. The normalized spacial score (nSPS) is 12.4. The van der Waals surface area contributed by atoms with E-state index >= 15 is 0 Å². The van der Waals surface area contributed by atoms with Crippen LogP contribution in [0.15, 0.2) is 47.4 Å². The van der Waals surface area contributed by atoms with Gasteiger partial charge in [-0.05, 0) is 35.6 Å². The summed E-state index contributed by atoms with van der Waals surface area (Å²) in [5.41, 5.74) is 0.583. The van der Waals surface area contributed by atoms with Crippen molar-refractivity contribution >= 4 is 11.8 Å². The van der Waals surface area contributed by atoms with E-state index < -0.39 is 17.7 Å². The van der Waals surface area contributed by atoms with Gasteiger partial charge in [-0.25, -0.2) is 8.78 Å². The summed E-state index contributed by atoms with van der Waals surface area (Å²) in [5.74, 6) is -0.271. The Morgan fingerprint density at radius 2 is 1.65 bits per heavy atom. The quantitative estimate of drug-likeness (QED) is 0.827. The standard InChI is InChI=1S/C16H16F2OS/c1-2-20-12-8-6-11(7-9-12)16(19)10-13-14(17)4-3-5-15(13)18/h3-9,16,19H,2,10H2,1H3. The Kier molecular flexibility index (Phi) is 5.15. The molecule has 0 aliphatic heterocycles. The Labute approximate surface area is 121 Å². The summed E-state index contributed by atoms with van der Waals surface area (Å²) in [5, 5.41) is 10.1. The highest BCUT2D eigenvalue weighted by atomic mass is 32.2. The van der Waals surface area contributed by atoms with Crippen LogP contribution >= 0.6 is 11.8 Å². The molecule has 1 nitrogen and oxygen atoms in total. The molecule has 0 spiro atoms. The second kappa shape index (κ2) is 6.86. The molecular formula is C16H16F2OS. The van der Waals surface area contributed by atoms with Gasteiger partial charge in [-0.1, -0.05) is 25.1 Å². The van der Waals surface area contributed by atoms with Gasteiger partial charge in [0.05, 0.1) is 6.10 Å². The van der Waals surface area contributed by atoms with Gasteiger partial charge in [0, 0.05) is 16.9 Å². The lowest BCUT2D eigenvalue weighted by Crippen LogP contribution is -2.05. The van der Waals surface area contributed by atoms with E-state index in [1.54, 1.807) is 23.9 Å². The third-order valence-electron chi connectivity index (χ3n) is 3.04. The first-order valence-corrected chi connectivity index (χ1v) is 7.44. The van der Waals surface area contributed by atoms with Gasteiger partial charge in [-0.15, -0.1) is 11.8 Å². The average Bonchev–Trinajstić information content (AvgIpc) is 2.44. The molecule has 2 aromatic carbocycles. The summed E-state index contributed by atoms with van der Waals surface area (Å²) in [6.45, 7) is 2.06. The molecule has 1 N–H and O–H groups in total. The summed E-state index contributed by atoms with van der Waals surface area (Å²) in [4.78, 5) is 1.11. The number of thioether (sulfide) groups is 1. The maximum Gasteiger partial charge on any atom is 0.129 e. The molecule has 0 aromatic heterocycles. The van der Waals surface area contributed by atoms with E-state index in [9.17, 15) is 13.9 Å². The highest BCUT2D eigenvalue weighted by Crippen LogP contribution is 2.24. The molecule has 0 radical (unpaired) electrons. The average molecular weight is 294 g/mol. The Morgan fingerprint density at radius 3 is 2.20 bits per heavy atom. The Morgan fingerprint density at radius 1 is 1.05 bits per heavy atom. The monoisotopic (exact) mass is 294 g/mol. The Hall–Kier alpha value is -1.39.